The first-order valence-corrected chi connectivity index (χ1v) is 8.33. The van der Waals surface area contributed by atoms with Crippen LogP contribution in [0, 0.1) is 0 Å². The van der Waals surface area contributed by atoms with Crippen molar-refractivity contribution in [2.45, 2.75) is 38.3 Å². The Balaban J connectivity index is 1.74. The number of amides is 1. The first-order chi connectivity index (χ1) is 11.3. The highest BCUT2D eigenvalue weighted by Gasteiger charge is 2.32. The SMILES string of the molecule is CC(Oc1ccccc1)C1CCCCN1C(=O)c1ccccc1. The van der Waals surface area contributed by atoms with E-state index in [0.29, 0.717) is 0 Å². The lowest BCUT2D eigenvalue weighted by Gasteiger charge is -2.39. The summed E-state index contributed by atoms with van der Waals surface area (Å²) in [4.78, 5) is 14.8. The summed E-state index contributed by atoms with van der Waals surface area (Å²) in [6.07, 6.45) is 3.18. The number of para-hydroxylation sites is 1. The third kappa shape index (κ3) is 3.73. The summed E-state index contributed by atoms with van der Waals surface area (Å²) in [6, 6.07) is 19.5. The minimum absolute atomic E-state index is 0.0228. The van der Waals surface area contributed by atoms with Crippen LogP contribution in [0.15, 0.2) is 60.7 Å². The van der Waals surface area contributed by atoms with E-state index in [0.717, 1.165) is 37.1 Å². The Bertz CT molecular complexity index is 627. The molecule has 2 unspecified atom stereocenters. The van der Waals surface area contributed by atoms with Gasteiger partial charge in [-0.05, 0) is 50.5 Å². The first-order valence-electron chi connectivity index (χ1n) is 8.33. The van der Waals surface area contributed by atoms with Crippen LogP contribution in [-0.4, -0.2) is 29.5 Å². The third-order valence-electron chi connectivity index (χ3n) is 4.44. The number of ether oxygens (including phenoxy) is 1. The van der Waals surface area contributed by atoms with Crippen LogP contribution in [0.2, 0.25) is 0 Å². The van der Waals surface area contributed by atoms with Crippen LogP contribution >= 0.6 is 0 Å². The van der Waals surface area contributed by atoms with Gasteiger partial charge in [-0.3, -0.25) is 4.79 Å². The fourth-order valence-corrected chi connectivity index (χ4v) is 3.24. The molecule has 2 atom stereocenters. The molecule has 3 nitrogen and oxygen atoms in total. The summed E-state index contributed by atoms with van der Waals surface area (Å²) in [7, 11) is 0. The molecule has 0 spiro atoms. The van der Waals surface area contributed by atoms with Crippen molar-refractivity contribution in [3.63, 3.8) is 0 Å². The standard InChI is InChI=1S/C20H23NO2/c1-16(23-18-12-6-3-7-13-18)19-14-8-9-15-21(19)20(22)17-10-4-2-5-11-17/h2-7,10-13,16,19H,8-9,14-15H2,1H3. The van der Waals surface area contributed by atoms with Gasteiger partial charge in [-0.25, -0.2) is 0 Å². The Morgan fingerprint density at radius 3 is 2.39 bits per heavy atom. The van der Waals surface area contributed by atoms with Gasteiger partial charge in [0, 0.05) is 12.1 Å². The summed E-state index contributed by atoms with van der Waals surface area (Å²) in [5.74, 6) is 0.969. The van der Waals surface area contributed by atoms with Crippen LogP contribution in [-0.2, 0) is 0 Å². The van der Waals surface area contributed by atoms with Gasteiger partial charge in [0.25, 0.3) is 5.91 Å². The lowest BCUT2D eigenvalue weighted by molar-refractivity contribution is 0.0353. The summed E-state index contributed by atoms with van der Waals surface area (Å²) < 4.78 is 6.08. The first kappa shape index (κ1) is 15.6. The molecule has 23 heavy (non-hydrogen) atoms. The van der Waals surface area contributed by atoms with Crippen LogP contribution in [0.25, 0.3) is 0 Å². The van der Waals surface area contributed by atoms with Crippen LogP contribution < -0.4 is 4.74 Å². The van der Waals surface area contributed by atoms with Crippen LogP contribution in [0.1, 0.15) is 36.5 Å². The molecular formula is C20H23NO2. The highest BCUT2D eigenvalue weighted by molar-refractivity contribution is 5.94. The third-order valence-corrected chi connectivity index (χ3v) is 4.44. The monoisotopic (exact) mass is 309 g/mol. The van der Waals surface area contributed by atoms with E-state index in [4.69, 9.17) is 4.74 Å². The Kier molecular flexibility index (Phi) is 4.96. The lowest BCUT2D eigenvalue weighted by atomic mass is 9.97. The zero-order valence-corrected chi connectivity index (χ0v) is 13.5. The predicted molar refractivity (Wildman–Crippen MR) is 91.6 cm³/mol. The minimum Gasteiger partial charge on any atom is -0.489 e. The van der Waals surface area contributed by atoms with Crippen molar-refractivity contribution in [2.75, 3.05) is 6.54 Å². The Morgan fingerprint density at radius 1 is 1.04 bits per heavy atom. The maximum Gasteiger partial charge on any atom is 0.254 e. The zero-order valence-electron chi connectivity index (χ0n) is 13.5. The van der Waals surface area contributed by atoms with Gasteiger partial charge in [-0.2, -0.15) is 0 Å². The van der Waals surface area contributed by atoms with Gasteiger partial charge in [-0.15, -0.1) is 0 Å². The molecule has 1 fully saturated rings. The molecule has 0 saturated carbocycles. The molecule has 1 aliphatic rings. The van der Waals surface area contributed by atoms with E-state index in [1.54, 1.807) is 0 Å². The Morgan fingerprint density at radius 2 is 1.70 bits per heavy atom. The number of carbonyl (C=O) groups excluding carboxylic acids is 1. The topological polar surface area (TPSA) is 29.5 Å². The quantitative estimate of drug-likeness (QED) is 0.849. The van der Waals surface area contributed by atoms with E-state index in [1.807, 2.05) is 65.6 Å². The fraction of sp³-hybridized carbons (Fsp3) is 0.350. The molecule has 1 amide bonds. The van der Waals surface area contributed by atoms with E-state index >= 15 is 0 Å². The summed E-state index contributed by atoms with van der Waals surface area (Å²) in [5, 5.41) is 0. The average Bonchev–Trinajstić information content (AvgIpc) is 2.62. The largest absolute Gasteiger partial charge is 0.489 e. The van der Waals surface area contributed by atoms with Gasteiger partial charge >= 0.3 is 0 Å². The van der Waals surface area contributed by atoms with Crippen molar-refractivity contribution in [3.8, 4) is 5.75 Å². The van der Waals surface area contributed by atoms with Crippen molar-refractivity contribution in [2.24, 2.45) is 0 Å². The molecule has 1 aliphatic heterocycles. The fourth-order valence-electron chi connectivity index (χ4n) is 3.24. The molecule has 3 rings (SSSR count). The molecule has 0 N–H and O–H groups in total. The summed E-state index contributed by atoms with van der Waals surface area (Å²) in [6.45, 7) is 2.87. The van der Waals surface area contributed by atoms with Crippen molar-refractivity contribution < 1.29 is 9.53 Å². The predicted octanol–water partition coefficient (Wildman–Crippen LogP) is 4.15. The molecule has 0 radical (unpaired) electrons. The molecular weight excluding hydrogens is 286 g/mol. The lowest BCUT2D eigenvalue weighted by Crippen LogP contribution is -2.50. The number of nitrogens with zero attached hydrogens (tertiary/aromatic N) is 1. The molecule has 1 heterocycles. The van der Waals surface area contributed by atoms with E-state index in [9.17, 15) is 4.79 Å². The van der Waals surface area contributed by atoms with Gasteiger partial charge in [0.05, 0.1) is 6.04 Å². The van der Waals surface area contributed by atoms with Crippen LogP contribution in [0.5, 0.6) is 5.75 Å². The number of hydrogen-bond donors (Lipinski definition) is 0. The maximum atomic E-state index is 12.8. The van der Waals surface area contributed by atoms with Gasteiger partial charge in [0.2, 0.25) is 0 Å². The number of likely N-dealkylation sites (tertiary alicyclic amines) is 1. The normalized spacial score (nSPS) is 19.2. The molecule has 0 bridgehead atoms. The van der Waals surface area contributed by atoms with Crippen LogP contribution in [0.4, 0.5) is 0 Å². The van der Waals surface area contributed by atoms with Crippen molar-refractivity contribution in [1.82, 2.24) is 4.90 Å². The van der Waals surface area contributed by atoms with Crippen LogP contribution in [0.3, 0.4) is 0 Å². The smallest absolute Gasteiger partial charge is 0.254 e. The maximum absolute atomic E-state index is 12.8. The van der Waals surface area contributed by atoms with E-state index in [2.05, 4.69) is 6.92 Å². The number of benzene rings is 2. The molecule has 0 aromatic heterocycles. The second-order valence-corrected chi connectivity index (χ2v) is 6.06. The Hall–Kier alpha value is -2.29. The van der Waals surface area contributed by atoms with Gasteiger partial charge in [0.15, 0.2) is 0 Å². The van der Waals surface area contributed by atoms with E-state index in [-0.39, 0.29) is 18.1 Å². The highest BCUT2D eigenvalue weighted by Crippen LogP contribution is 2.25. The van der Waals surface area contributed by atoms with E-state index in [1.165, 1.54) is 0 Å². The van der Waals surface area contributed by atoms with Crippen molar-refractivity contribution in [3.05, 3.63) is 66.2 Å². The summed E-state index contributed by atoms with van der Waals surface area (Å²) >= 11 is 0. The average molecular weight is 309 g/mol. The number of hydrogen-bond acceptors (Lipinski definition) is 2. The van der Waals surface area contributed by atoms with Gasteiger partial charge in [0.1, 0.15) is 11.9 Å². The van der Waals surface area contributed by atoms with E-state index < -0.39 is 0 Å². The second-order valence-electron chi connectivity index (χ2n) is 6.06. The molecule has 1 saturated heterocycles. The molecule has 2 aromatic carbocycles. The van der Waals surface area contributed by atoms with Gasteiger partial charge in [-0.1, -0.05) is 36.4 Å². The second kappa shape index (κ2) is 7.32. The van der Waals surface area contributed by atoms with Gasteiger partial charge < -0.3 is 9.64 Å². The molecule has 2 aromatic rings. The molecule has 3 heteroatoms. The Labute approximate surface area is 137 Å². The van der Waals surface area contributed by atoms with Crippen molar-refractivity contribution >= 4 is 5.91 Å². The summed E-state index contributed by atoms with van der Waals surface area (Å²) in [5.41, 5.74) is 0.756. The number of rotatable bonds is 4. The highest BCUT2D eigenvalue weighted by atomic mass is 16.5. The minimum atomic E-state index is -0.0228. The molecule has 0 aliphatic carbocycles. The number of carbonyl (C=O) groups is 1. The molecule has 120 valence electrons. The zero-order chi connectivity index (χ0) is 16.1. The number of piperidine rings is 1. The van der Waals surface area contributed by atoms with Crippen molar-refractivity contribution in [1.29, 1.82) is 0 Å².